The van der Waals surface area contributed by atoms with Crippen LogP contribution in [0.4, 0.5) is 11.5 Å². The van der Waals surface area contributed by atoms with Crippen molar-refractivity contribution in [3.63, 3.8) is 0 Å². The number of carbonyl (C=O) groups excluding carboxylic acids is 2. The summed E-state index contributed by atoms with van der Waals surface area (Å²) in [5.74, 6) is 0.0781. The fourth-order valence-corrected chi connectivity index (χ4v) is 1.51. The van der Waals surface area contributed by atoms with Crippen LogP contribution < -0.4 is 22.1 Å². The fraction of sp³-hybridized carbons (Fsp3) is 0.462. The second-order valence-corrected chi connectivity index (χ2v) is 4.90. The number of nitrogen functional groups attached to an aromatic ring is 1. The van der Waals surface area contributed by atoms with Crippen LogP contribution in [0, 0.1) is 5.92 Å². The number of primary amides is 1. The van der Waals surface area contributed by atoms with E-state index < -0.39 is 5.91 Å². The highest BCUT2D eigenvalue weighted by molar-refractivity contribution is 5.98. The number of hydrogen-bond acceptors (Lipinski definition) is 5. The van der Waals surface area contributed by atoms with Gasteiger partial charge in [-0.3, -0.25) is 9.59 Å². The van der Waals surface area contributed by atoms with E-state index >= 15 is 0 Å². The Hall–Kier alpha value is -2.31. The third-order valence-corrected chi connectivity index (χ3v) is 2.53. The largest absolute Gasteiger partial charge is 0.397 e. The van der Waals surface area contributed by atoms with Crippen LogP contribution in [0.25, 0.3) is 0 Å². The summed E-state index contributed by atoms with van der Waals surface area (Å²) in [5, 5.41) is 5.72. The van der Waals surface area contributed by atoms with Gasteiger partial charge in [-0.1, -0.05) is 13.8 Å². The molecule has 6 N–H and O–H groups in total. The molecule has 20 heavy (non-hydrogen) atoms. The highest BCUT2D eigenvalue weighted by atomic mass is 16.2. The summed E-state index contributed by atoms with van der Waals surface area (Å²) in [6.45, 7) is 5.05. The zero-order valence-electron chi connectivity index (χ0n) is 11.8. The van der Waals surface area contributed by atoms with Gasteiger partial charge in [-0.05, 0) is 12.0 Å². The van der Waals surface area contributed by atoms with E-state index in [1.54, 1.807) is 0 Å². The van der Waals surface area contributed by atoms with E-state index in [-0.39, 0.29) is 17.9 Å². The van der Waals surface area contributed by atoms with Crippen molar-refractivity contribution >= 4 is 23.3 Å². The molecule has 0 bridgehead atoms. The van der Waals surface area contributed by atoms with Crippen LogP contribution in [0.3, 0.4) is 0 Å². The Balaban J connectivity index is 2.50. The van der Waals surface area contributed by atoms with Crippen molar-refractivity contribution in [2.45, 2.75) is 20.3 Å². The Morgan fingerprint density at radius 2 is 2.10 bits per heavy atom. The maximum Gasteiger partial charge on any atom is 0.252 e. The molecule has 0 spiro atoms. The summed E-state index contributed by atoms with van der Waals surface area (Å²) in [4.78, 5) is 26.8. The Labute approximate surface area is 118 Å². The third-order valence-electron chi connectivity index (χ3n) is 2.53. The molecule has 0 saturated carbocycles. The predicted octanol–water partition coefficient (Wildman–Crippen LogP) is 0.337. The molecule has 110 valence electrons. The number of pyridine rings is 1. The van der Waals surface area contributed by atoms with Gasteiger partial charge in [-0.2, -0.15) is 0 Å². The number of aromatic nitrogens is 1. The second kappa shape index (κ2) is 7.32. The van der Waals surface area contributed by atoms with Crippen molar-refractivity contribution in [2.75, 3.05) is 24.1 Å². The van der Waals surface area contributed by atoms with Crippen LogP contribution in [0.1, 0.15) is 30.6 Å². The topological polar surface area (TPSA) is 123 Å². The number of nitrogens with zero attached hydrogens (tertiary/aromatic N) is 1. The van der Waals surface area contributed by atoms with Gasteiger partial charge >= 0.3 is 0 Å². The highest BCUT2D eigenvalue weighted by Crippen LogP contribution is 2.14. The molecule has 2 amide bonds. The number of amides is 2. The molecular formula is C13H21N5O2. The summed E-state index contributed by atoms with van der Waals surface area (Å²) >= 11 is 0. The number of carbonyl (C=O) groups is 2. The first-order valence-electron chi connectivity index (χ1n) is 6.46. The Morgan fingerprint density at radius 3 is 2.70 bits per heavy atom. The zero-order chi connectivity index (χ0) is 15.1. The molecule has 0 aliphatic heterocycles. The Morgan fingerprint density at radius 1 is 1.40 bits per heavy atom. The van der Waals surface area contributed by atoms with E-state index in [1.165, 1.54) is 12.3 Å². The molecule has 7 heteroatoms. The van der Waals surface area contributed by atoms with Crippen LogP contribution in [0.5, 0.6) is 0 Å². The van der Waals surface area contributed by atoms with E-state index in [4.69, 9.17) is 11.5 Å². The highest BCUT2D eigenvalue weighted by Gasteiger charge is 2.10. The number of rotatable bonds is 7. The second-order valence-electron chi connectivity index (χ2n) is 4.90. The van der Waals surface area contributed by atoms with Gasteiger partial charge in [0.05, 0.1) is 17.4 Å². The van der Waals surface area contributed by atoms with Crippen LogP contribution in [-0.2, 0) is 4.79 Å². The lowest BCUT2D eigenvalue weighted by Crippen LogP contribution is -2.29. The molecule has 0 atom stereocenters. The summed E-state index contributed by atoms with van der Waals surface area (Å²) in [6.07, 6.45) is 1.71. The number of anilines is 2. The van der Waals surface area contributed by atoms with Crippen molar-refractivity contribution in [1.82, 2.24) is 10.3 Å². The fourth-order valence-electron chi connectivity index (χ4n) is 1.51. The normalized spacial score (nSPS) is 10.3. The average molecular weight is 279 g/mol. The van der Waals surface area contributed by atoms with E-state index in [9.17, 15) is 9.59 Å². The van der Waals surface area contributed by atoms with Crippen molar-refractivity contribution in [3.05, 3.63) is 17.8 Å². The number of hydrogen-bond donors (Lipinski definition) is 4. The van der Waals surface area contributed by atoms with E-state index in [1.807, 2.05) is 13.8 Å². The molecule has 7 nitrogen and oxygen atoms in total. The summed E-state index contributed by atoms with van der Waals surface area (Å²) in [5.41, 5.74) is 11.4. The Kier molecular flexibility index (Phi) is 5.76. The molecule has 0 aliphatic carbocycles. The minimum atomic E-state index is -0.614. The van der Waals surface area contributed by atoms with Crippen LogP contribution in [0.2, 0.25) is 0 Å². The van der Waals surface area contributed by atoms with Crippen molar-refractivity contribution in [2.24, 2.45) is 11.7 Å². The summed E-state index contributed by atoms with van der Waals surface area (Å²) < 4.78 is 0. The van der Waals surface area contributed by atoms with Crippen LogP contribution in [-0.4, -0.2) is 29.9 Å². The summed E-state index contributed by atoms with van der Waals surface area (Å²) in [6, 6.07) is 1.45. The first kappa shape index (κ1) is 15.7. The van der Waals surface area contributed by atoms with Crippen molar-refractivity contribution in [3.8, 4) is 0 Å². The predicted molar refractivity (Wildman–Crippen MR) is 78.1 cm³/mol. The molecule has 0 radical (unpaired) electrons. The molecule has 0 fully saturated rings. The van der Waals surface area contributed by atoms with Gasteiger partial charge in [0.2, 0.25) is 5.91 Å². The first-order valence-corrected chi connectivity index (χ1v) is 6.46. The minimum absolute atomic E-state index is 0.0535. The smallest absolute Gasteiger partial charge is 0.252 e. The molecule has 1 aromatic heterocycles. The molecule has 1 aromatic rings. The first-order chi connectivity index (χ1) is 9.40. The average Bonchev–Trinajstić information content (AvgIpc) is 2.37. The van der Waals surface area contributed by atoms with Gasteiger partial charge in [0, 0.05) is 19.5 Å². The Bertz CT molecular complexity index is 488. The molecule has 1 heterocycles. The summed E-state index contributed by atoms with van der Waals surface area (Å²) in [7, 11) is 0. The van der Waals surface area contributed by atoms with Crippen molar-refractivity contribution in [1.29, 1.82) is 0 Å². The van der Waals surface area contributed by atoms with E-state index in [0.29, 0.717) is 30.5 Å². The van der Waals surface area contributed by atoms with Crippen LogP contribution >= 0.6 is 0 Å². The van der Waals surface area contributed by atoms with Gasteiger partial charge in [-0.15, -0.1) is 0 Å². The zero-order valence-corrected chi connectivity index (χ0v) is 11.8. The lowest BCUT2D eigenvalue weighted by atomic mass is 10.2. The van der Waals surface area contributed by atoms with Gasteiger partial charge < -0.3 is 22.1 Å². The minimum Gasteiger partial charge on any atom is -0.397 e. The lowest BCUT2D eigenvalue weighted by Gasteiger charge is -2.10. The maximum atomic E-state index is 11.5. The molecular weight excluding hydrogens is 258 g/mol. The van der Waals surface area contributed by atoms with Gasteiger partial charge in [0.1, 0.15) is 5.82 Å². The molecule has 1 rings (SSSR count). The van der Waals surface area contributed by atoms with Gasteiger partial charge in [0.25, 0.3) is 5.91 Å². The SMILES string of the molecule is CC(C)CNC(=O)CCNc1ncc(N)cc1C(N)=O. The molecule has 0 aromatic carbocycles. The lowest BCUT2D eigenvalue weighted by molar-refractivity contribution is -0.120. The number of nitrogens with two attached hydrogens (primary N) is 2. The van der Waals surface area contributed by atoms with Crippen LogP contribution in [0.15, 0.2) is 12.3 Å². The molecule has 0 saturated heterocycles. The van der Waals surface area contributed by atoms with Gasteiger partial charge in [0.15, 0.2) is 0 Å². The maximum absolute atomic E-state index is 11.5. The van der Waals surface area contributed by atoms with Gasteiger partial charge in [-0.25, -0.2) is 4.98 Å². The van der Waals surface area contributed by atoms with E-state index in [0.717, 1.165) is 0 Å². The molecule has 0 aliphatic rings. The number of nitrogens with one attached hydrogen (secondary N) is 2. The van der Waals surface area contributed by atoms with E-state index in [2.05, 4.69) is 15.6 Å². The monoisotopic (exact) mass is 279 g/mol. The standard InChI is InChI=1S/C13H21N5O2/c1-8(2)6-17-11(19)3-4-16-13-10(12(15)20)5-9(14)7-18-13/h5,7-8H,3-4,6,14H2,1-2H3,(H2,15,20)(H,16,18)(H,17,19). The van der Waals surface area contributed by atoms with Crippen molar-refractivity contribution < 1.29 is 9.59 Å². The third kappa shape index (κ3) is 5.13. The quantitative estimate of drug-likeness (QED) is 0.573. The molecule has 0 unspecified atom stereocenters.